The molecule has 4 heteroatoms. The van der Waals surface area contributed by atoms with Crippen LogP contribution in [0.4, 0.5) is 0 Å². The summed E-state index contributed by atoms with van der Waals surface area (Å²) in [5.41, 5.74) is 2.81. The lowest BCUT2D eigenvalue weighted by Crippen LogP contribution is -2.25. The molecule has 1 N–H and O–H groups in total. The van der Waals surface area contributed by atoms with E-state index < -0.39 is 0 Å². The maximum Gasteiger partial charge on any atom is 0.255 e. The van der Waals surface area contributed by atoms with Gasteiger partial charge in [-0.2, -0.15) is 0 Å². The first kappa shape index (κ1) is 12.3. The van der Waals surface area contributed by atoms with E-state index in [1.807, 2.05) is 6.07 Å². The molecule has 2 aliphatic rings. The summed E-state index contributed by atoms with van der Waals surface area (Å²) in [4.78, 5) is 12.4. The summed E-state index contributed by atoms with van der Waals surface area (Å²) in [5, 5.41) is 2.98. The maximum atomic E-state index is 12.4. The number of carbonyl (C=O) groups excluding carboxylic acids is 1. The molecule has 2 aliphatic heterocycles. The molecule has 1 amide bonds. The second kappa shape index (κ2) is 5.11. The monoisotopic (exact) mass is 261 g/mol. The van der Waals surface area contributed by atoms with Gasteiger partial charge >= 0.3 is 0 Å². The molecule has 0 atom stereocenters. The Morgan fingerprint density at radius 1 is 1.32 bits per heavy atom. The number of nitrogens with one attached hydrogen (secondary N) is 1. The van der Waals surface area contributed by atoms with Crippen LogP contribution in [0, 0.1) is 0 Å². The first-order valence-corrected chi connectivity index (χ1v) is 7.03. The van der Waals surface area contributed by atoms with Gasteiger partial charge in [-0.1, -0.05) is 13.3 Å². The van der Waals surface area contributed by atoms with Gasteiger partial charge in [-0.3, -0.25) is 4.79 Å². The van der Waals surface area contributed by atoms with E-state index in [0.717, 1.165) is 48.3 Å². The summed E-state index contributed by atoms with van der Waals surface area (Å²) in [6.07, 6.45) is 3.73. The Balaban J connectivity index is 1.93. The number of carbonyl (C=O) groups is 1. The van der Waals surface area contributed by atoms with Crippen molar-refractivity contribution in [3.05, 3.63) is 22.8 Å². The Hall–Kier alpha value is -1.71. The molecule has 0 spiro atoms. The summed E-state index contributed by atoms with van der Waals surface area (Å²) in [7, 11) is 0. The molecular weight excluding hydrogens is 242 g/mol. The Kier molecular flexibility index (Phi) is 3.32. The second-order valence-electron chi connectivity index (χ2n) is 5.02. The minimum absolute atomic E-state index is 0.0195. The Bertz CT molecular complexity index is 478. The number of ether oxygens (including phenoxy) is 2. The molecule has 0 unspecified atom stereocenters. The molecule has 0 fully saturated rings. The highest BCUT2D eigenvalue weighted by Gasteiger charge is 2.29. The lowest BCUT2D eigenvalue weighted by atomic mass is 9.99. The van der Waals surface area contributed by atoms with Crippen LogP contribution in [0.2, 0.25) is 0 Å². The van der Waals surface area contributed by atoms with E-state index in [1.54, 1.807) is 0 Å². The Morgan fingerprint density at radius 3 is 3.00 bits per heavy atom. The fraction of sp³-hybridized carbons (Fsp3) is 0.533. The van der Waals surface area contributed by atoms with Crippen molar-refractivity contribution < 1.29 is 14.3 Å². The third-order valence-electron chi connectivity index (χ3n) is 3.69. The topological polar surface area (TPSA) is 47.6 Å². The van der Waals surface area contributed by atoms with Crippen molar-refractivity contribution in [2.24, 2.45) is 0 Å². The van der Waals surface area contributed by atoms with Crippen molar-refractivity contribution in [3.8, 4) is 11.5 Å². The van der Waals surface area contributed by atoms with E-state index in [2.05, 4.69) is 12.2 Å². The van der Waals surface area contributed by atoms with E-state index in [-0.39, 0.29) is 5.91 Å². The smallest absolute Gasteiger partial charge is 0.255 e. The third kappa shape index (κ3) is 2.15. The molecule has 2 heterocycles. The predicted molar refractivity (Wildman–Crippen MR) is 72.1 cm³/mol. The average Bonchev–Trinajstić information content (AvgIpc) is 3.03. The van der Waals surface area contributed by atoms with Crippen molar-refractivity contribution in [3.63, 3.8) is 0 Å². The van der Waals surface area contributed by atoms with Gasteiger partial charge in [0.15, 0.2) is 0 Å². The highest BCUT2D eigenvalue weighted by molar-refractivity contribution is 6.00. The molecule has 3 rings (SSSR count). The van der Waals surface area contributed by atoms with E-state index in [1.165, 1.54) is 0 Å². The summed E-state index contributed by atoms with van der Waals surface area (Å²) in [6, 6.07) is 2.04. The van der Waals surface area contributed by atoms with Gasteiger partial charge in [0.1, 0.15) is 11.5 Å². The van der Waals surface area contributed by atoms with E-state index in [9.17, 15) is 4.79 Å². The second-order valence-corrected chi connectivity index (χ2v) is 5.02. The number of hydrogen-bond acceptors (Lipinski definition) is 3. The zero-order chi connectivity index (χ0) is 13.2. The van der Waals surface area contributed by atoms with Crippen LogP contribution in [0.3, 0.4) is 0 Å². The average molecular weight is 261 g/mol. The first-order chi connectivity index (χ1) is 9.31. The number of rotatable bonds is 4. The number of amides is 1. The van der Waals surface area contributed by atoms with Crippen LogP contribution < -0.4 is 14.8 Å². The number of benzene rings is 1. The zero-order valence-corrected chi connectivity index (χ0v) is 11.3. The van der Waals surface area contributed by atoms with Gasteiger partial charge < -0.3 is 14.8 Å². The molecule has 0 radical (unpaired) electrons. The molecule has 1 aromatic rings. The molecule has 19 heavy (non-hydrogen) atoms. The molecule has 0 saturated carbocycles. The molecule has 0 saturated heterocycles. The van der Waals surface area contributed by atoms with Gasteiger partial charge in [-0.15, -0.1) is 0 Å². The van der Waals surface area contributed by atoms with Gasteiger partial charge in [0.2, 0.25) is 0 Å². The van der Waals surface area contributed by atoms with Crippen LogP contribution in [-0.2, 0) is 12.8 Å². The summed E-state index contributed by atoms with van der Waals surface area (Å²) in [5.74, 6) is 1.62. The number of fused-ring (bicyclic) bond motifs is 2. The highest BCUT2D eigenvalue weighted by Crippen LogP contribution is 2.40. The summed E-state index contributed by atoms with van der Waals surface area (Å²) >= 11 is 0. The fourth-order valence-corrected chi connectivity index (χ4v) is 2.69. The Morgan fingerprint density at radius 2 is 2.16 bits per heavy atom. The standard InChI is InChI=1S/C15H19NO3/c1-2-3-6-16-15(17)13-11-5-8-18-12(11)9-10-4-7-19-14(10)13/h9H,2-8H2,1H3,(H,16,17). The Labute approximate surface area is 113 Å². The van der Waals surface area contributed by atoms with Gasteiger partial charge in [-0.05, 0) is 12.5 Å². The fourth-order valence-electron chi connectivity index (χ4n) is 2.69. The minimum Gasteiger partial charge on any atom is -0.493 e. The molecule has 1 aromatic carbocycles. The molecule has 4 nitrogen and oxygen atoms in total. The van der Waals surface area contributed by atoms with Crippen LogP contribution in [0.1, 0.15) is 41.3 Å². The van der Waals surface area contributed by atoms with Crippen molar-refractivity contribution in [1.82, 2.24) is 5.32 Å². The van der Waals surface area contributed by atoms with Gasteiger partial charge in [0.25, 0.3) is 5.91 Å². The predicted octanol–water partition coefficient (Wildman–Crippen LogP) is 2.09. The largest absolute Gasteiger partial charge is 0.493 e. The van der Waals surface area contributed by atoms with Crippen molar-refractivity contribution in [2.75, 3.05) is 19.8 Å². The maximum absolute atomic E-state index is 12.4. The summed E-state index contributed by atoms with van der Waals surface area (Å²) < 4.78 is 11.3. The third-order valence-corrected chi connectivity index (χ3v) is 3.69. The van der Waals surface area contributed by atoms with Crippen molar-refractivity contribution in [2.45, 2.75) is 32.6 Å². The summed E-state index contributed by atoms with van der Waals surface area (Å²) in [6.45, 7) is 4.15. The number of hydrogen-bond donors (Lipinski definition) is 1. The van der Waals surface area contributed by atoms with Crippen LogP contribution in [0.25, 0.3) is 0 Å². The van der Waals surface area contributed by atoms with Crippen LogP contribution >= 0.6 is 0 Å². The molecule has 0 bridgehead atoms. The SMILES string of the molecule is CCCCNC(=O)c1c2c(cc3c1OCC3)OCC2. The lowest BCUT2D eigenvalue weighted by molar-refractivity contribution is 0.0949. The van der Waals surface area contributed by atoms with Crippen LogP contribution in [0.5, 0.6) is 11.5 Å². The normalized spacial score (nSPS) is 15.4. The highest BCUT2D eigenvalue weighted by atomic mass is 16.5. The van der Waals surface area contributed by atoms with E-state index in [0.29, 0.717) is 25.3 Å². The van der Waals surface area contributed by atoms with Gasteiger partial charge in [-0.25, -0.2) is 0 Å². The van der Waals surface area contributed by atoms with E-state index >= 15 is 0 Å². The van der Waals surface area contributed by atoms with Crippen molar-refractivity contribution in [1.29, 1.82) is 0 Å². The van der Waals surface area contributed by atoms with Gasteiger partial charge in [0, 0.05) is 30.5 Å². The van der Waals surface area contributed by atoms with E-state index in [4.69, 9.17) is 9.47 Å². The molecule has 0 aromatic heterocycles. The molecule has 0 aliphatic carbocycles. The van der Waals surface area contributed by atoms with Crippen LogP contribution in [-0.4, -0.2) is 25.7 Å². The van der Waals surface area contributed by atoms with Crippen LogP contribution in [0.15, 0.2) is 6.07 Å². The van der Waals surface area contributed by atoms with Crippen molar-refractivity contribution >= 4 is 5.91 Å². The lowest BCUT2D eigenvalue weighted by Gasteiger charge is -2.12. The molecular formula is C15H19NO3. The zero-order valence-electron chi connectivity index (χ0n) is 11.3. The van der Waals surface area contributed by atoms with Gasteiger partial charge in [0.05, 0.1) is 18.8 Å². The first-order valence-electron chi connectivity index (χ1n) is 7.03. The number of unbranched alkanes of at least 4 members (excludes halogenated alkanes) is 1. The quantitative estimate of drug-likeness (QED) is 0.844. The molecule has 102 valence electrons. The minimum atomic E-state index is -0.0195.